The molecule has 8 heteroatoms. The van der Waals surface area contributed by atoms with E-state index in [0.29, 0.717) is 22.3 Å². The molecule has 3 rings (SSSR count). The number of urea groups is 1. The molecule has 1 saturated carbocycles. The molecule has 2 fully saturated rings. The first-order valence-electron chi connectivity index (χ1n) is 10.6. The number of hydrogen-bond acceptors (Lipinski definition) is 4. The Kier molecular flexibility index (Phi) is 7.88. The van der Waals surface area contributed by atoms with Crippen molar-refractivity contribution in [3.63, 3.8) is 0 Å². The number of halogens is 2. The molecule has 1 unspecified atom stereocenters. The topological polar surface area (TPSA) is 51.7 Å². The van der Waals surface area contributed by atoms with Crippen molar-refractivity contribution in [2.45, 2.75) is 51.1 Å². The molecule has 0 bridgehead atoms. The maximum Gasteiger partial charge on any atom is 0.317 e. The molecule has 1 aliphatic heterocycles. The minimum atomic E-state index is 0.0240. The van der Waals surface area contributed by atoms with Gasteiger partial charge in [0.25, 0.3) is 0 Å². The largest absolute Gasteiger partial charge is 0.365 e. The van der Waals surface area contributed by atoms with E-state index in [1.54, 1.807) is 25.2 Å². The van der Waals surface area contributed by atoms with Gasteiger partial charge in [0.2, 0.25) is 0 Å². The summed E-state index contributed by atoms with van der Waals surface area (Å²) in [5.41, 5.74) is 0.983. The first kappa shape index (κ1) is 22.4. The van der Waals surface area contributed by atoms with Crippen LogP contribution in [0.15, 0.2) is 12.3 Å². The molecule has 1 aromatic rings. The van der Waals surface area contributed by atoms with E-state index in [4.69, 9.17) is 23.2 Å². The van der Waals surface area contributed by atoms with Gasteiger partial charge in [-0.2, -0.15) is 0 Å². The molecule has 1 atom stereocenters. The van der Waals surface area contributed by atoms with Crippen LogP contribution < -0.4 is 10.2 Å². The number of carbonyl (C=O) groups excluding carboxylic acids is 1. The zero-order valence-electron chi connectivity index (χ0n) is 17.7. The number of nitrogens with zero attached hydrogens (tertiary/aromatic N) is 4. The second kappa shape index (κ2) is 10.2. The van der Waals surface area contributed by atoms with Crippen LogP contribution >= 0.6 is 23.2 Å². The summed E-state index contributed by atoms with van der Waals surface area (Å²) < 4.78 is 0. The van der Waals surface area contributed by atoms with Gasteiger partial charge in [-0.05, 0) is 51.5 Å². The summed E-state index contributed by atoms with van der Waals surface area (Å²) in [6.45, 7) is 6.40. The highest BCUT2D eigenvalue weighted by Gasteiger charge is 2.27. The lowest BCUT2D eigenvalue weighted by Gasteiger charge is -2.42. The van der Waals surface area contributed by atoms with Crippen LogP contribution in [0.2, 0.25) is 10.2 Å². The number of nitrogens with one attached hydrogen (secondary N) is 1. The zero-order valence-corrected chi connectivity index (χ0v) is 19.2. The second-order valence-corrected chi connectivity index (χ2v) is 9.45. The Bertz CT molecular complexity index is 694. The number of amides is 2. The molecule has 2 heterocycles. The Balaban J connectivity index is 1.41. The summed E-state index contributed by atoms with van der Waals surface area (Å²) in [7, 11) is 3.58. The highest BCUT2D eigenvalue weighted by Crippen LogP contribution is 2.31. The summed E-state index contributed by atoms with van der Waals surface area (Å²) >= 11 is 12.4. The molecule has 1 aliphatic carbocycles. The average molecular weight is 442 g/mol. The van der Waals surface area contributed by atoms with Crippen molar-refractivity contribution in [2.24, 2.45) is 5.92 Å². The Hall–Kier alpha value is -1.24. The predicted octanol–water partition coefficient (Wildman–Crippen LogP) is 4.12. The lowest BCUT2D eigenvalue weighted by Crippen LogP contribution is -2.52. The third kappa shape index (κ3) is 6.12. The number of rotatable bonds is 5. The zero-order chi connectivity index (χ0) is 21.0. The summed E-state index contributed by atoms with van der Waals surface area (Å²) in [6.07, 6.45) is 7.47. The minimum Gasteiger partial charge on any atom is -0.365 e. The summed E-state index contributed by atoms with van der Waals surface area (Å²) in [4.78, 5) is 22.4. The van der Waals surface area contributed by atoms with Crippen LogP contribution in [0.5, 0.6) is 0 Å². The van der Waals surface area contributed by atoms with Crippen molar-refractivity contribution >= 4 is 34.9 Å². The summed E-state index contributed by atoms with van der Waals surface area (Å²) in [5, 5.41) is 4.27. The van der Waals surface area contributed by atoms with E-state index in [9.17, 15) is 4.79 Å². The van der Waals surface area contributed by atoms with Crippen LogP contribution in [0.1, 0.15) is 39.0 Å². The molecule has 0 spiro atoms. The van der Waals surface area contributed by atoms with Gasteiger partial charge in [0, 0.05) is 58.1 Å². The third-order valence-corrected chi connectivity index (χ3v) is 6.75. The molecule has 0 radical (unpaired) electrons. The highest BCUT2D eigenvalue weighted by atomic mass is 35.5. The predicted molar refractivity (Wildman–Crippen MR) is 120 cm³/mol. The second-order valence-electron chi connectivity index (χ2n) is 8.65. The van der Waals surface area contributed by atoms with Gasteiger partial charge in [0.05, 0.1) is 10.7 Å². The normalized spacial score (nSPS) is 25.7. The Morgan fingerprint density at radius 2 is 1.97 bits per heavy atom. The van der Waals surface area contributed by atoms with E-state index in [1.165, 1.54) is 19.3 Å². The molecule has 2 aliphatic rings. The maximum atomic E-state index is 11.8. The van der Waals surface area contributed by atoms with E-state index in [-0.39, 0.29) is 6.03 Å². The first-order chi connectivity index (χ1) is 13.8. The molecule has 1 N–H and O–H groups in total. The van der Waals surface area contributed by atoms with Crippen LogP contribution in [0, 0.1) is 5.92 Å². The van der Waals surface area contributed by atoms with Gasteiger partial charge in [-0.3, -0.25) is 4.90 Å². The smallest absolute Gasteiger partial charge is 0.317 e. The van der Waals surface area contributed by atoms with Crippen LogP contribution in [0.25, 0.3) is 0 Å². The molecule has 1 saturated heterocycles. The van der Waals surface area contributed by atoms with E-state index < -0.39 is 0 Å². The number of pyridine rings is 1. The lowest BCUT2D eigenvalue weighted by atomic mass is 9.84. The molecule has 0 aromatic carbocycles. The molecular formula is C21H33Cl2N5O. The average Bonchev–Trinajstić information content (AvgIpc) is 2.69. The van der Waals surface area contributed by atoms with Gasteiger partial charge in [-0.25, -0.2) is 9.78 Å². The number of aromatic nitrogens is 1. The molecular weight excluding hydrogens is 409 g/mol. The van der Waals surface area contributed by atoms with Crippen molar-refractivity contribution in [3.05, 3.63) is 22.4 Å². The van der Waals surface area contributed by atoms with Gasteiger partial charge in [-0.15, -0.1) is 0 Å². The molecule has 2 amide bonds. The lowest BCUT2D eigenvalue weighted by molar-refractivity contribution is 0.187. The van der Waals surface area contributed by atoms with Gasteiger partial charge in [0.1, 0.15) is 5.15 Å². The Labute approximate surface area is 184 Å². The van der Waals surface area contributed by atoms with Gasteiger partial charge < -0.3 is 15.1 Å². The van der Waals surface area contributed by atoms with Gasteiger partial charge >= 0.3 is 6.03 Å². The van der Waals surface area contributed by atoms with Crippen molar-refractivity contribution < 1.29 is 4.79 Å². The number of piperazine rings is 1. The number of carbonyl (C=O) groups is 1. The molecule has 1 aromatic heterocycles. The fraction of sp³-hybridized carbons (Fsp3) is 0.714. The van der Waals surface area contributed by atoms with Crippen molar-refractivity contribution in [2.75, 3.05) is 45.2 Å². The molecule has 29 heavy (non-hydrogen) atoms. The van der Waals surface area contributed by atoms with Crippen LogP contribution in [-0.2, 0) is 0 Å². The number of anilines is 1. The fourth-order valence-electron chi connectivity index (χ4n) is 4.48. The van der Waals surface area contributed by atoms with Crippen molar-refractivity contribution in [3.8, 4) is 0 Å². The minimum absolute atomic E-state index is 0.0240. The molecule has 6 nitrogen and oxygen atoms in total. The summed E-state index contributed by atoms with van der Waals surface area (Å²) in [6, 6.07) is 2.61. The summed E-state index contributed by atoms with van der Waals surface area (Å²) in [5.74, 6) is 0.768. The van der Waals surface area contributed by atoms with Crippen LogP contribution in [0.3, 0.4) is 0 Å². The monoisotopic (exact) mass is 441 g/mol. The van der Waals surface area contributed by atoms with Crippen LogP contribution in [0.4, 0.5) is 10.5 Å². The Morgan fingerprint density at radius 3 is 2.62 bits per heavy atom. The maximum absolute atomic E-state index is 11.8. The highest BCUT2D eigenvalue weighted by molar-refractivity contribution is 6.34. The van der Waals surface area contributed by atoms with E-state index in [0.717, 1.165) is 50.6 Å². The number of hydrogen-bond donors (Lipinski definition) is 1. The fourth-order valence-corrected chi connectivity index (χ4v) is 4.85. The Morgan fingerprint density at radius 1 is 1.24 bits per heavy atom. The molecule has 162 valence electrons. The van der Waals surface area contributed by atoms with Gasteiger partial charge in [0.15, 0.2) is 0 Å². The van der Waals surface area contributed by atoms with Gasteiger partial charge in [-0.1, -0.05) is 23.2 Å². The van der Waals surface area contributed by atoms with E-state index in [2.05, 4.69) is 27.0 Å². The van der Waals surface area contributed by atoms with E-state index >= 15 is 0 Å². The SMILES string of the molecule is CC1CN(CCC2CCC(NC(=O)N(C)C)CC2)CCN1c1cc(Cl)ncc1Cl. The third-order valence-electron chi connectivity index (χ3n) is 6.26. The van der Waals surface area contributed by atoms with Crippen LogP contribution in [-0.4, -0.2) is 73.2 Å². The van der Waals surface area contributed by atoms with Crippen molar-refractivity contribution in [1.29, 1.82) is 0 Å². The van der Waals surface area contributed by atoms with Crippen molar-refractivity contribution in [1.82, 2.24) is 20.1 Å². The van der Waals surface area contributed by atoms with E-state index in [1.807, 2.05) is 6.07 Å². The quantitative estimate of drug-likeness (QED) is 0.698. The standard InChI is InChI=1S/C21H33Cl2N5O/c1-15-14-27(10-11-28(15)19-12-20(23)24-13-18(19)22)9-8-16-4-6-17(7-5-16)25-21(29)26(2)3/h12-13,15-17H,4-11,14H2,1-3H3,(H,25,29). The first-order valence-corrected chi connectivity index (χ1v) is 11.4.